The maximum Gasteiger partial charge on any atom is 0.303 e. The van der Waals surface area contributed by atoms with Crippen molar-refractivity contribution < 1.29 is 24.5 Å². The number of hydrogen-bond acceptors (Lipinski definition) is 5. The minimum Gasteiger partial charge on any atom is -0.481 e. The molecule has 0 aliphatic heterocycles. The van der Waals surface area contributed by atoms with Crippen LogP contribution in [0.3, 0.4) is 0 Å². The fourth-order valence-corrected chi connectivity index (χ4v) is 1.29. The van der Waals surface area contributed by atoms with Crippen LogP contribution in [-0.4, -0.2) is 66.4 Å². The van der Waals surface area contributed by atoms with E-state index < -0.39 is 12.0 Å². The first-order chi connectivity index (χ1) is 8.02. The van der Waals surface area contributed by atoms with Gasteiger partial charge in [0.1, 0.15) is 0 Å². The van der Waals surface area contributed by atoms with E-state index in [0.717, 1.165) is 0 Å². The Hall–Kier alpha value is -1.18. The van der Waals surface area contributed by atoms with E-state index in [4.69, 9.17) is 20.7 Å². The number of nitrogens with zero attached hydrogens (tertiary/aromatic N) is 1. The second-order valence-electron chi connectivity index (χ2n) is 3.58. The van der Waals surface area contributed by atoms with Gasteiger partial charge in [-0.05, 0) is 6.42 Å². The van der Waals surface area contributed by atoms with Crippen LogP contribution in [-0.2, 0) is 14.3 Å². The summed E-state index contributed by atoms with van der Waals surface area (Å²) in [5, 5.41) is 17.3. The predicted molar refractivity (Wildman–Crippen MR) is 60.4 cm³/mol. The maximum atomic E-state index is 11.8. The second-order valence-corrected chi connectivity index (χ2v) is 3.58. The maximum absolute atomic E-state index is 11.8. The van der Waals surface area contributed by atoms with Gasteiger partial charge in [-0.1, -0.05) is 0 Å². The minimum atomic E-state index is -0.987. The van der Waals surface area contributed by atoms with Crippen LogP contribution in [0.2, 0.25) is 0 Å². The monoisotopic (exact) mass is 248 g/mol. The van der Waals surface area contributed by atoms with E-state index in [1.807, 2.05) is 0 Å². The summed E-state index contributed by atoms with van der Waals surface area (Å²) in [6, 6.07) is -0.852. The summed E-state index contributed by atoms with van der Waals surface area (Å²) in [7, 11) is 1.51. The van der Waals surface area contributed by atoms with E-state index in [2.05, 4.69) is 0 Å². The zero-order valence-corrected chi connectivity index (χ0v) is 9.96. The molecule has 1 unspecified atom stereocenters. The molecule has 1 amide bonds. The number of aliphatic hydroxyl groups is 1. The van der Waals surface area contributed by atoms with Gasteiger partial charge in [0.15, 0.2) is 0 Å². The summed E-state index contributed by atoms with van der Waals surface area (Å²) in [6.45, 7) is 0.679. The van der Waals surface area contributed by atoms with Gasteiger partial charge in [-0.15, -0.1) is 0 Å². The number of rotatable bonds is 9. The molecule has 0 aliphatic rings. The number of carbonyl (C=O) groups is 2. The van der Waals surface area contributed by atoms with Crippen LogP contribution in [0.15, 0.2) is 0 Å². The molecule has 7 heteroatoms. The third kappa shape index (κ3) is 6.88. The predicted octanol–water partition coefficient (Wildman–Crippen LogP) is -1.35. The molecular formula is C10H20N2O5. The second kappa shape index (κ2) is 8.91. The first-order valence-corrected chi connectivity index (χ1v) is 5.38. The standard InChI is InChI=1S/C10H20N2O5/c1-17-7-5-12(4-6-13)10(16)8(11)2-3-9(14)15/h8,13H,2-7,11H2,1H3,(H,14,15). The van der Waals surface area contributed by atoms with Crippen molar-refractivity contribution in [3.8, 4) is 0 Å². The summed E-state index contributed by atoms with van der Waals surface area (Å²) in [6.07, 6.45) is -0.0623. The average molecular weight is 248 g/mol. The van der Waals surface area contributed by atoms with Gasteiger partial charge in [-0.2, -0.15) is 0 Å². The number of carboxylic acids is 1. The first kappa shape index (κ1) is 15.8. The smallest absolute Gasteiger partial charge is 0.303 e. The molecular weight excluding hydrogens is 228 g/mol. The lowest BCUT2D eigenvalue weighted by Crippen LogP contribution is -2.46. The zero-order chi connectivity index (χ0) is 13.3. The highest BCUT2D eigenvalue weighted by Crippen LogP contribution is 2.01. The number of nitrogens with two attached hydrogens (primary N) is 1. The Balaban J connectivity index is 4.22. The van der Waals surface area contributed by atoms with Crippen LogP contribution >= 0.6 is 0 Å². The summed E-state index contributed by atoms with van der Waals surface area (Å²) in [5.74, 6) is -1.35. The number of amides is 1. The Morgan fingerprint density at radius 1 is 1.41 bits per heavy atom. The van der Waals surface area contributed by atoms with Gasteiger partial charge in [0.2, 0.25) is 5.91 Å². The molecule has 0 spiro atoms. The lowest BCUT2D eigenvalue weighted by Gasteiger charge is -2.24. The largest absolute Gasteiger partial charge is 0.481 e. The molecule has 0 heterocycles. The Morgan fingerprint density at radius 2 is 2.06 bits per heavy atom. The molecule has 0 aromatic heterocycles. The summed E-state index contributed by atoms with van der Waals surface area (Å²) < 4.78 is 4.84. The van der Waals surface area contributed by atoms with Crippen molar-refractivity contribution in [3.63, 3.8) is 0 Å². The van der Waals surface area contributed by atoms with Crippen molar-refractivity contribution in [2.45, 2.75) is 18.9 Å². The van der Waals surface area contributed by atoms with Crippen molar-refractivity contribution in [1.29, 1.82) is 0 Å². The van der Waals surface area contributed by atoms with Gasteiger partial charge in [0, 0.05) is 26.6 Å². The third-order valence-corrected chi connectivity index (χ3v) is 2.23. The number of aliphatic hydroxyl groups excluding tert-OH is 1. The highest BCUT2D eigenvalue weighted by Gasteiger charge is 2.20. The first-order valence-electron chi connectivity index (χ1n) is 5.38. The lowest BCUT2D eigenvalue weighted by atomic mass is 10.1. The van der Waals surface area contributed by atoms with E-state index >= 15 is 0 Å². The van der Waals surface area contributed by atoms with Crippen molar-refractivity contribution in [2.75, 3.05) is 33.4 Å². The van der Waals surface area contributed by atoms with Crippen molar-refractivity contribution in [1.82, 2.24) is 4.90 Å². The van der Waals surface area contributed by atoms with Gasteiger partial charge < -0.3 is 25.6 Å². The highest BCUT2D eigenvalue weighted by atomic mass is 16.5. The summed E-state index contributed by atoms with van der Waals surface area (Å²) >= 11 is 0. The van der Waals surface area contributed by atoms with Gasteiger partial charge in [-0.3, -0.25) is 9.59 Å². The van der Waals surface area contributed by atoms with Crippen LogP contribution in [0.1, 0.15) is 12.8 Å². The minimum absolute atomic E-state index is 0.0864. The van der Waals surface area contributed by atoms with Gasteiger partial charge in [0.05, 0.1) is 19.3 Å². The van der Waals surface area contributed by atoms with Crippen molar-refractivity contribution in [2.24, 2.45) is 5.73 Å². The molecule has 0 rings (SSSR count). The highest BCUT2D eigenvalue weighted by molar-refractivity contribution is 5.82. The fourth-order valence-electron chi connectivity index (χ4n) is 1.29. The number of methoxy groups -OCH3 is 1. The molecule has 7 nitrogen and oxygen atoms in total. The fraction of sp³-hybridized carbons (Fsp3) is 0.800. The molecule has 4 N–H and O–H groups in total. The number of carbonyl (C=O) groups excluding carboxylic acids is 1. The van der Waals surface area contributed by atoms with Crippen LogP contribution in [0.25, 0.3) is 0 Å². The van der Waals surface area contributed by atoms with E-state index in [1.54, 1.807) is 0 Å². The number of ether oxygens (including phenoxy) is 1. The van der Waals surface area contributed by atoms with E-state index in [0.29, 0.717) is 13.2 Å². The molecule has 0 aliphatic carbocycles. The van der Waals surface area contributed by atoms with Crippen LogP contribution in [0.4, 0.5) is 0 Å². The Labute approximate surface area is 100 Å². The molecule has 0 saturated heterocycles. The van der Waals surface area contributed by atoms with Crippen LogP contribution in [0, 0.1) is 0 Å². The molecule has 0 aromatic rings. The number of hydrogen-bond donors (Lipinski definition) is 3. The van der Waals surface area contributed by atoms with E-state index in [1.165, 1.54) is 12.0 Å². The average Bonchev–Trinajstić information content (AvgIpc) is 2.30. The molecule has 0 fully saturated rings. The lowest BCUT2D eigenvalue weighted by molar-refractivity contribution is -0.138. The van der Waals surface area contributed by atoms with Gasteiger partial charge in [-0.25, -0.2) is 0 Å². The van der Waals surface area contributed by atoms with Gasteiger partial charge in [0.25, 0.3) is 0 Å². The van der Waals surface area contributed by atoms with E-state index in [9.17, 15) is 9.59 Å². The molecule has 100 valence electrons. The topological polar surface area (TPSA) is 113 Å². The molecule has 0 saturated carbocycles. The zero-order valence-electron chi connectivity index (χ0n) is 9.96. The summed E-state index contributed by atoms with van der Waals surface area (Å²) in [5.41, 5.74) is 5.59. The molecule has 0 aromatic carbocycles. The van der Waals surface area contributed by atoms with Crippen LogP contribution < -0.4 is 5.73 Å². The van der Waals surface area contributed by atoms with Crippen molar-refractivity contribution in [3.05, 3.63) is 0 Å². The Morgan fingerprint density at radius 3 is 2.53 bits per heavy atom. The number of aliphatic carboxylic acids is 1. The molecule has 17 heavy (non-hydrogen) atoms. The normalized spacial score (nSPS) is 12.2. The quantitative estimate of drug-likeness (QED) is 0.465. The Kier molecular flexibility index (Phi) is 8.29. The third-order valence-electron chi connectivity index (χ3n) is 2.23. The van der Waals surface area contributed by atoms with Crippen molar-refractivity contribution >= 4 is 11.9 Å². The van der Waals surface area contributed by atoms with Crippen LogP contribution in [0.5, 0.6) is 0 Å². The summed E-state index contributed by atoms with van der Waals surface area (Å²) in [4.78, 5) is 23.5. The molecule has 0 radical (unpaired) electrons. The number of carboxylic acid groups (broad SMARTS) is 1. The van der Waals surface area contributed by atoms with E-state index in [-0.39, 0.29) is 31.9 Å². The molecule has 1 atom stereocenters. The molecule has 0 bridgehead atoms. The SMILES string of the molecule is COCCN(CCO)C(=O)C(N)CCC(=O)O. The van der Waals surface area contributed by atoms with Gasteiger partial charge >= 0.3 is 5.97 Å². The Bertz CT molecular complexity index is 247.